The van der Waals surface area contributed by atoms with Gasteiger partial charge in [-0.1, -0.05) is 12.1 Å². The number of nitrogens with one attached hydrogen (secondary N) is 1. The molecule has 1 aliphatic heterocycles. The Labute approximate surface area is 129 Å². The number of benzene rings is 1. The Kier molecular flexibility index (Phi) is 5.55. The van der Waals surface area contributed by atoms with Crippen LogP contribution in [-0.2, 0) is 0 Å². The average molecular weight is 344 g/mol. The molecular formula is C15H23BrFN3. The molecule has 0 radical (unpaired) electrons. The molecule has 2 atom stereocenters. The van der Waals surface area contributed by atoms with Crippen LogP contribution in [0.4, 0.5) is 4.39 Å². The lowest BCUT2D eigenvalue weighted by molar-refractivity contribution is 0.180. The van der Waals surface area contributed by atoms with Crippen molar-refractivity contribution in [3.05, 3.63) is 34.1 Å². The lowest BCUT2D eigenvalue weighted by atomic mass is 9.97. The van der Waals surface area contributed by atoms with Crippen molar-refractivity contribution in [1.82, 2.24) is 15.1 Å². The summed E-state index contributed by atoms with van der Waals surface area (Å²) < 4.78 is 14.9. The van der Waals surface area contributed by atoms with Gasteiger partial charge in [-0.25, -0.2) is 4.39 Å². The summed E-state index contributed by atoms with van der Waals surface area (Å²) in [5, 5.41) is 3.31. The molecule has 1 aliphatic rings. The zero-order valence-electron chi connectivity index (χ0n) is 12.4. The molecule has 0 saturated carbocycles. The van der Waals surface area contributed by atoms with E-state index in [9.17, 15) is 4.39 Å². The van der Waals surface area contributed by atoms with Gasteiger partial charge >= 0.3 is 0 Å². The monoisotopic (exact) mass is 343 g/mol. The van der Waals surface area contributed by atoms with E-state index in [0.29, 0.717) is 4.47 Å². The molecule has 1 N–H and O–H groups in total. The van der Waals surface area contributed by atoms with Crippen molar-refractivity contribution in [2.24, 2.45) is 0 Å². The van der Waals surface area contributed by atoms with Crippen LogP contribution in [0.25, 0.3) is 0 Å². The Morgan fingerprint density at radius 3 is 2.80 bits per heavy atom. The van der Waals surface area contributed by atoms with E-state index < -0.39 is 0 Å². The van der Waals surface area contributed by atoms with Crippen LogP contribution in [0.15, 0.2) is 22.7 Å². The molecule has 3 nitrogen and oxygen atoms in total. The molecule has 5 heteroatoms. The second-order valence-electron chi connectivity index (χ2n) is 5.57. The number of hydrogen-bond acceptors (Lipinski definition) is 3. The number of nitrogens with zero attached hydrogens (tertiary/aromatic N) is 2. The molecule has 2 rings (SSSR count). The third-order valence-electron chi connectivity index (χ3n) is 4.13. The van der Waals surface area contributed by atoms with Crippen molar-refractivity contribution < 1.29 is 4.39 Å². The molecule has 1 saturated heterocycles. The second-order valence-corrected chi connectivity index (χ2v) is 6.43. The van der Waals surface area contributed by atoms with E-state index >= 15 is 0 Å². The molecule has 0 spiro atoms. The van der Waals surface area contributed by atoms with Crippen LogP contribution in [0.1, 0.15) is 18.0 Å². The maximum absolute atomic E-state index is 14.4. The van der Waals surface area contributed by atoms with Crippen molar-refractivity contribution in [3.8, 4) is 0 Å². The first-order valence-electron chi connectivity index (χ1n) is 7.04. The van der Waals surface area contributed by atoms with Crippen molar-refractivity contribution in [1.29, 1.82) is 0 Å². The maximum atomic E-state index is 14.4. The van der Waals surface area contributed by atoms with Crippen LogP contribution in [0.2, 0.25) is 0 Å². The van der Waals surface area contributed by atoms with Gasteiger partial charge in [0.1, 0.15) is 5.82 Å². The maximum Gasteiger partial charge on any atom is 0.142 e. The molecule has 0 aliphatic carbocycles. The van der Waals surface area contributed by atoms with Crippen LogP contribution < -0.4 is 5.32 Å². The predicted molar refractivity (Wildman–Crippen MR) is 84.4 cm³/mol. The predicted octanol–water partition coefficient (Wildman–Crippen LogP) is 2.48. The minimum absolute atomic E-state index is 0.0157. The Morgan fingerprint density at radius 1 is 1.35 bits per heavy atom. The number of halogens is 2. The summed E-state index contributed by atoms with van der Waals surface area (Å²) in [4.78, 5) is 4.67. The van der Waals surface area contributed by atoms with Crippen molar-refractivity contribution >= 4 is 15.9 Å². The Balaban J connectivity index is 2.32. The van der Waals surface area contributed by atoms with Crippen LogP contribution in [-0.4, -0.2) is 56.6 Å². The molecule has 0 bridgehead atoms. The molecule has 1 aromatic carbocycles. The topological polar surface area (TPSA) is 18.5 Å². The van der Waals surface area contributed by atoms with E-state index in [-0.39, 0.29) is 17.9 Å². The first-order valence-corrected chi connectivity index (χ1v) is 7.84. The summed E-state index contributed by atoms with van der Waals surface area (Å²) in [6.45, 7) is 3.08. The van der Waals surface area contributed by atoms with Gasteiger partial charge in [0.25, 0.3) is 0 Å². The Bertz CT molecular complexity index is 455. The summed E-state index contributed by atoms with van der Waals surface area (Å²) in [5.74, 6) is -0.160. The average Bonchev–Trinajstić information content (AvgIpc) is 2.58. The van der Waals surface area contributed by atoms with Crippen molar-refractivity contribution in [2.75, 3.05) is 40.8 Å². The van der Waals surface area contributed by atoms with Gasteiger partial charge in [0.2, 0.25) is 0 Å². The van der Waals surface area contributed by atoms with Gasteiger partial charge < -0.3 is 15.1 Å². The molecule has 1 fully saturated rings. The van der Waals surface area contributed by atoms with E-state index in [0.717, 1.165) is 31.6 Å². The summed E-state index contributed by atoms with van der Waals surface area (Å²) in [6, 6.07) is 5.76. The molecule has 0 aromatic heterocycles. The molecule has 20 heavy (non-hydrogen) atoms. The van der Waals surface area contributed by atoms with Gasteiger partial charge in [0.15, 0.2) is 0 Å². The minimum Gasteiger partial charge on any atom is -0.312 e. The van der Waals surface area contributed by atoms with Gasteiger partial charge in [-0.2, -0.15) is 0 Å². The van der Waals surface area contributed by atoms with Crippen LogP contribution in [0.5, 0.6) is 0 Å². The number of rotatable bonds is 3. The van der Waals surface area contributed by atoms with E-state index in [2.05, 4.69) is 45.1 Å². The van der Waals surface area contributed by atoms with Gasteiger partial charge in [0.05, 0.1) is 10.5 Å². The molecule has 1 heterocycles. The zero-order valence-corrected chi connectivity index (χ0v) is 14.0. The fourth-order valence-corrected chi connectivity index (χ4v) is 3.36. The van der Waals surface area contributed by atoms with Crippen LogP contribution in [0, 0.1) is 5.82 Å². The lowest BCUT2D eigenvalue weighted by Crippen LogP contribution is -2.46. The summed E-state index contributed by atoms with van der Waals surface area (Å²) >= 11 is 3.28. The lowest BCUT2D eigenvalue weighted by Gasteiger charge is -2.35. The van der Waals surface area contributed by atoms with Crippen LogP contribution >= 0.6 is 15.9 Å². The molecule has 1 aromatic rings. The van der Waals surface area contributed by atoms with E-state index in [4.69, 9.17) is 0 Å². The highest BCUT2D eigenvalue weighted by molar-refractivity contribution is 9.10. The summed E-state index contributed by atoms with van der Waals surface area (Å²) in [5.41, 5.74) is 0.731. The molecule has 112 valence electrons. The quantitative estimate of drug-likeness (QED) is 0.909. The number of likely N-dealkylation sites (N-methyl/N-ethyl adjacent to an activating group) is 3. The SMILES string of the molecule is CNC(c1cccc(Br)c1F)C1CN(C)CCCN1C. The summed E-state index contributed by atoms with van der Waals surface area (Å²) in [6.07, 6.45) is 1.15. The van der Waals surface area contributed by atoms with Crippen molar-refractivity contribution in [3.63, 3.8) is 0 Å². The van der Waals surface area contributed by atoms with Crippen molar-refractivity contribution in [2.45, 2.75) is 18.5 Å². The Morgan fingerprint density at radius 2 is 2.10 bits per heavy atom. The fraction of sp³-hybridized carbons (Fsp3) is 0.600. The van der Waals surface area contributed by atoms with Gasteiger partial charge in [0, 0.05) is 18.2 Å². The molecular weight excluding hydrogens is 321 g/mol. The zero-order chi connectivity index (χ0) is 14.7. The van der Waals surface area contributed by atoms with Gasteiger partial charge in [-0.05, 0) is 62.6 Å². The first-order chi connectivity index (χ1) is 9.54. The summed E-state index contributed by atoms with van der Waals surface area (Å²) in [7, 11) is 6.17. The number of hydrogen-bond donors (Lipinski definition) is 1. The normalized spacial score (nSPS) is 23.6. The fourth-order valence-electron chi connectivity index (χ4n) is 2.98. The third kappa shape index (κ3) is 3.39. The smallest absolute Gasteiger partial charge is 0.142 e. The second kappa shape index (κ2) is 6.98. The van der Waals surface area contributed by atoms with E-state index in [1.54, 1.807) is 6.07 Å². The van der Waals surface area contributed by atoms with Gasteiger partial charge in [-0.15, -0.1) is 0 Å². The van der Waals surface area contributed by atoms with E-state index in [1.807, 2.05) is 19.2 Å². The molecule has 2 unspecified atom stereocenters. The minimum atomic E-state index is -0.160. The van der Waals surface area contributed by atoms with Gasteiger partial charge in [-0.3, -0.25) is 0 Å². The first kappa shape index (κ1) is 15.9. The standard InChI is InChI=1S/C15H23BrFN3/c1-18-15(11-6-4-7-12(16)14(11)17)13-10-19(2)8-5-9-20(13)3/h4,6-7,13,15,18H,5,8-10H2,1-3H3. The largest absolute Gasteiger partial charge is 0.312 e. The third-order valence-corrected chi connectivity index (χ3v) is 4.74. The Hall–Kier alpha value is -0.490. The van der Waals surface area contributed by atoms with E-state index in [1.165, 1.54) is 0 Å². The van der Waals surface area contributed by atoms with Crippen LogP contribution in [0.3, 0.4) is 0 Å². The highest BCUT2D eigenvalue weighted by Crippen LogP contribution is 2.28. The highest BCUT2D eigenvalue weighted by Gasteiger charge is 2.30. The molecule has 0 amide bonds. The highest BCUT2D eigenvalue weighted by atomic mass is 79.9.